The van der Waals surface area contributed by atoms with Crippen LogP contribution >= 0.6 is 11.8 Å². The molecule has 4 nitrogen and oxygen atoms in total. The van der Waals surface area contributed by atoms with Crippen molar-refractivity contribution in [1.29, 1.82) is 0 Å². The molecule has 0 bridgehead atoms. The third kappa shape index (κ3) is 8.16. The third-order valence-electron chi connectivity index (χ3n) is 4.26. The predicted octanol–water partition coefficient (Wildman–Crippen LogP) is 3.08. The number of ether oxygens (including phenoxy) is 1. The van der Waals surface area contributed by atoms with Crippen molar-refractivity contribution in [2.45, 2.75) is 95.7 Å². The van der Waals surface area contributed by atoms with E-state index in [1.807, 2.05) is 0 Å². The first-order chi connectivity index (χ1) is 10.7. The number of thioether (sulfide) groups is 1. The summed E-state index contributed by atoms with van der Waals surface area (Å²) in [6.45, 7) is 2.25. The summed E-state index contributed by atoms with van der Waals surface area (Å²) in [5.74, 6) is 1.68. The van der Waals surface area contributed by atoms with Crippen molar-refractivity contribution >= 4 is 11.8 Å². The Balaban J connectivity index is 1.82. The van der Waals surface area contributed by atoms with Gasteiger partial charge in [-0.05, 0) is 12.2 Å². The Kier molecular flexibility index (Phi) is 11.6. The highest BCUT2D eigenvalue weighted by Crippen LogP contribution is 2.23. The number of hydrogen-bond donors (Lipinski definition) is 3. The zero-order valence-electron chi connectivity index (χ0n) is 14.0. The maximum atomic E-state index is 9.66. The summed E-state index contributed by atoms with van der Waals surface area (Å²) >= 11 is 1.73. The topological polar surface area (TPSA) is 69.9 Å². The molecular formula is C17H34O4S. The predicted molar refractivity (Wildman–Crippen MR) is 92.1 cm³/mol. The lowest BCUT2D eigenvalue weighted by atomic mass is 10.1. The van der Waals surface area contributed by atoms with Crippen LogP contribution in [0.5, 0.6) is 0 Å². The molecule has 1 fully saturated rings. The molecule has 0 radical (unpaired) electrons. The van der Waals surface area contributed by atoms with Gasteiger partial charge in [-0.15, -0.1) is 0 Å². The average molecular weight is 335 g/mol. The molecule has 1 aliphatic rings. The average Bonchev–Trinajstić information content (AvgIpc) is 2.75. The first-order valence-corrected chi connectivity index (χ1v) is 10.1. The summed E-state index contributed by atoms with van der Waals surface area (Å²) in [4.78, 5) is 0. The number of aliphatic hydroxyl groups is 3. The highest BCUT2D eigenvalue weighted by molar-refractivity contribution is 7.99. The lowest BCUT2D eigenvalue weighted by Crippen LogP contribution is -2.33. The van der Waals surface area contributed by atoms with Crippen LogP contribution in [0.1, 0.15) is 71.1 Å². The van der Waals surface area contributed by atoms with E-state index in [-0.39, 0.29) is 0 Å². The van der Waals surface area contributed by atoms with Crippen molar-refractivity contribution in [3.8, 4) is 0 Å². The SMILES string of the molecule is CCCCCCCCCCCCSC[C@H]1OC(O)[C@H](O)[C@@H]1O. The van der Waals surface area contributed by atoms with E-state index in [4.69, 9.17) is 4.74 Å². The van der Waals surface area contributed by atoms with Gasteiger partial charge in [-0.25, -0.2) is 0 Å². The number of hydrogen-bond acceptors (Lipinski definition) is 5. The van der Waals surface area contributed by atoms with Crippen LogP contribution in [0.2, 0.25) is 0 Å². The summed E-state index contributed by atoms with van der Waals surface area (Å²) < 4.78 is 5.12. The minimum atomic E-state index is -1.24. The first-order valence-electron chi connectivity index (χ1n) is 8.94. The van der Waals surface area contributed by atoms with Gasteiger partial charge in [0.2, 0.25) is 0 Å². The van der Waals surface area contributed by atoms with Gasteiger partial charge in [0.1, 0.15) is 12.2 Å². The van der Waals surface area contributed by atoms with Gasteiger partial charge >= 0.3 is 0 Å². The largest absolute Gasteiger partial charge is 0.387 e. The molecule has 0 aromatic rings. The van der Waals surface area contributed by atoms with E-state index in [9.17, 15) is 15.3 Å². The lowest BCUT2D eigenvalue weighted by molar-refractivity contribution is -0.123. The Bertz CT molecular complexity index is 265. The molecule has 0 amide bonds. The van der Waals surface area contributed by atoms with Gasteiger partial charge in [-0.3, -0.25) is 0 Å². The van der Waals surface area contributed by atoms with Crippen molar-refractivity contribution in [2.24, 2.45) is 0 Å². The molecule has 1 heterocycles. The molecule has 0 spiro atoms. The highest BCUT2D eigenvalue weighted by atomic mass is 32.2. The minimum Gasteiger partial charge on any atom is -0.387 e. The van der Waals surface area contributed by atoms with Crippen LogP contribution < -0.4 is 0 Å². The van der Waals surface area contributed by atoms with Gasteiger partial charge in [0.25, 0.3) is 0 Å². The van der Waals surface area contributed by atoms with Gasteiger partial charge in [-0.1, -0.05) is 64.7 Å². The number of aliphatic hydroxyl groups excluding tert-OH is 3. The van der Waals surface area contributed by atoms with Crippen molar-refractivity contribution in [1.82, 2.24) is 0 Å². The molecule has 0 aliphatic carbocycles. The second kappa shape index (κ2) is 12.6. The van der Waals surface area contributed by atoms with Gasteiger partial charge < -0.3 is 20.1 Å². The van der Waals surface area contributed by atoms with Crippen molar-refractivity contribution < 1.29 is 20.1 Å². The fraction of sp³-hybridized carbons (Fsp3) is 1.00. The Morgan fingerprint density at radius 1 is 0.773 bits per heavy atom. The van der Waals surface area contributed by atoms with E-state index in [2.05, 4.69) is 6.92 Å². The molecule has 1 saturated heterocycles. The van der Waals surface area contributed by atoms with E-state index in [1.54, 1.807) is 11.8 Å². The summed E-state index contributed by atoms with van der Waals surface area (Å²) in [5.41, 5.74) is 0. The lowest BCUT2D eigenvalue weighted by Gasteiger charge is -2.13. The molecule has 0 aromatic heterocycles. The van der Waals surface area contributed by atoms with E-state index >= 15 is 0 Å². The van der Waals surface area contributed by atoms with E-state index in [0.717, 1.165) is 5.75 Å². The van der Waals surface area contributed by atoms with Crippen LogP contribution in [-0.4, -0.2) is 51.4 Å². The normalized spacial score (nSPS) is 28.4. The van der Waals surface area contributed by atoms with Crippen molar-refractivity contribution in [2.75, 3.05) is 11.5 Å². The molecule has 1 aliphatic heterocycles. The Labute approximate surface area is 139 Å². The molecule has 3 N–H and O–H groups in total. The second-order valence-corrected chi connectivity index (χ2v) is 7.45. The summed E-state index contributed by atoms with van der Waals surface area (Å²) in [5, 5.41) is 28.3. The second-order valence-electron chi connectivity index (χ2n) is 6.30. The molecular weight excluding hydrogens is 300 g/mol. The van der Waals surface area contributed by atoms with Crippen molar-refractivity contribution in [3.05, 3.63) is 0 Å². The summed E-state index contributed by atoms with van der Waals surface area (Å²) in [7, 11) is 0. The van der Waals surface area contributed by atoms with E-state index in [0.29, 0.717) is 5.75 Å². The molecule has 22 heavy (non-hydrogen) atoms. The Hall–Kier alpha value is 0.190. The fourth-order valence-corrected chi connectivity index (χ4v) is 3.84. The van der Waals surface area contributed by atoms with Crippen LogP contribution in [-0.2, 0) is 4.74 Å². The quantitative estimate of drug-likeness (QED) is 0.452. The smallest absolute Gasteiger partial charge is 0.183 e. The zero-order valence-corrected chi connectivity index (χ0v) is 14.8. The van der Waals surface area contributed by atoms with Crippen LogP contribution in [0.3, 0.4) is 0 Å². The molecule has 5 heteroatoms. The number of rotatable bonds is 13. The highest BCUT2D eigenvalue weighted by Gasteiger charge is 2.41. The standard InChI is InChI=1S/C17H34O4S/c1-2-3-4-5-6-7-8-9-10-11-12-22-13-14-15(18)16(19)17(20)21-14/h14-20H,2-13H2,1H3/t14-,15-,16-,17?/m1/s1. The van der Waals surface area contributed by atoms with Crippen LogP contribution in [0, 0.1) is 0 Å². The summed E-state index contributed by atoms with van der Waals surface area (Å²) in [6, 6.07) is 0. The van der Waals surface area contributed by atoms with Gasteiger partial charge in [0.05, 0.1) is 6.10 Å². The van der Waals surface area contributed by atoms with Gasteiger partial charge in [-0.2, -0.15) is 11.8 Å². The van der Waals surface area contributed by atoms with E-state index < -0.39 is 24.6 Å². The molecule has 1 rings (SSSR count). The minimum absolute atomic E-state index is 0.446. The maximum Gasteiger partial charge on any atom is 0.183 e. The number of unbranched alkanes of at least 4 members (excludes halogenated alkanes) is 9. The monoisotopic (exact) mass is 334 g/mol. The van der Waals surface area contributed by atoms with E-state index in [1.165, 1.54) is 64.2 Å². The zero-order chi connectivity index (χ0) is 16.2. The molecule has 1 unspecified atom stereocenters. The van der Waals surface area contributed by atoms with Gasteiger partial charge in [0.15, 0.2) is 6.29 Å². The van der Waals surface area contributed by atoms with Crippen LogP contribution in [0.4, 0.5) is 0 Å². The third-order valence-corrected chi connectivity index (χ3v) is 5.40. The fourth-order valence-electron chi connectivity index (χ4n) is 2.76. The van der Waals surface area contributed by atoms with Gasteiger partial charge in [0, 0.05) is 5.75 Å². The van der Waals surface area contributed by atoms with Crippen LogP contribution in [0.25, 0.3) is 0 Å². The molecule has 4 atom stereocenters. The summed E-state index contributed by atoms with van der Waals surface area (Å²) in [6.07, 6.45) is 9.54. The molecule has 0 aromatic carbocycles. The van der Waals surface area contributed by atoms with Crippen LogP contribution in [0.15, 0.2) is 0 Å². The Morgan fingerprint density at radius 2 is 1.32 bits per heavy atom. The Morgan fingerprint density at radius 3 is 1.82 bits per heavy atom. The van der Waals surface area contributed by atoms with Crippen molar-refractivity contribution in [3.63, 3.8) is 0 Å². The molecule has 0 saturated carbocycles. The molecule has 132 valence electrons. The maximum absolute atomic E-state index is 9.66. The first kappa shape index (κ1) is 20.2.